The van der Waals surface area contributed by atoms with Crippen LogP contribution in [0.25, 0.3) is 0 Å². The fourth-order valence-corrected chi connectivity index (χ4v) is 2.22. The van der Waals surface area contributed by atoms with Gasteiger partial charge in [-0.1, -0.05) is 17.7 Å². The number of likely N-dealkylation sites (tertiary alicyclic amines) is 1. The number of ether oxygens (including phenoxy) is 1. The van der Waals surface area contributed by atoms with Gasteiger partial charge in [-0.3, -0.25) is 9.59 Å². The van der Waals surface area contributed by atoms with Crippen molar-refractivity contribution in [3.05, 3.63) is 29.8 Å². The molecule has 0 spiro atoms. The largest absolute Gasteiger partial charge is 0.484 e. The molecule has 5 heteroatoms. The number of hydrogen-bond donors (Lipinski definition) is 1. The van der Waals surface area contributed by atoms with Gasteiger partial charge in [0.2, 0.25) is 0 Å². The van der Waals surface area contributed by atoms with Crippen molar-refractivity contribution in [2.45, 2.75) is 20.3 Å². The summed E-state index contributed by atoms with van der Waals surface area (Å²) >= 11 is 0. The summed E-state index contributed by atoms with van der Waals surface area (Å²) in [5.74, 6) is -0.382. The number of aryl methyl sites for hydroxylation is 1. The minimum Gasteiger partial charge on any atom is -0.484 e. The van der Waals surface area contributed by atoms with Gasteiger partial charge in [-0.05, 0) is 32.4 Å². The van der Waals surface area contributed by atoms with E-state index in [1.807, 2.05) is 31.2 Å². The van der Waals surface area contributed by atoms with Gasteiger partial charge in [0.05, 0.1) is 5.41 Å². The van der Waals surface area contributed by atoms with E-state index in [9.17, 15) is 9.59 Å². The Morgan fingerprint density at radius 1 is 1.35 bits per heavy atom. The SMILES string of the molecule is Cc1ccc(OCC(=O)N2CCC(C)(C(=O)O)C2)cc1. The van der Waals surface area contributed by atoms with Gasteiger partial charge < -0.3 is 14.7 Å². The normalized spacial score (nSPS) is 21.8. The Morgan fingerprint density at radius 2 is 2.00 bits per heavy atom. The highest BCUT2D eigenvalue weighted by Gasteiger charge is 2.42. The van der Waals surface area contributed by atoms with Crippen LogP contribution < -0.4 is 4.74 Å². The highest BCUT2D eigenvalue weighted by Crippen LogP contribution is 2.30. The maximum atomic E-state index is 12.0. The van der Waals surface area contributed by atoms with Crippen molar-refractivity contribution in [3.63, 3.8) is 0 Å². The third-order valence-corrected chi connectivity index (χ3v) is 3.73. The molecule has 1 aliphatic rings. The molecular weight excluding hydrogens is 258 g/mol. The average Bonchev–Trinajstić information content (AvgIpc) is 2.82. The van der Waals surface area contributed by atoms with Crippen molar-refractivity contribution in [3.8, 4) is 5.75 Å². The Labute approximate surface area is 118 Å². The maximum Gasteiger partial charge on any atom is 0.311 e. The van der Waals surface area contributed by atoms with Crippen LogP contribution in [0.4, 0.5) is 0 Å². The lowest BCUT2D eigenvalue weighted by atomic mass is 9.90. The molecule has 0 aromatic heterocycles. The summed E-state index contributed by atoms with van der Waals surface area (Å²) in [4.78, 5) is 24.7. The monoisotopic (exact) mass is 277 g/mol. The molecule has 1 aliphatic heterocycles. The maximum absolute atomic E-state index is 12.0. The zero-order valence-electron chi connectivity index (χ0n) is 11.8. The van der Waals surface area contributed by atoms with Crippen LogP contribution in [0.1, 0.15) is 18.9 Å². The number of benzene rings is 1. The number of carbonyl (C=O) groups excluding carboxylic acids is 1. The Balaban J connectivity index is 1.87. The summed E-state index contributed by atoms with van der Waals surface area (Å²) in [7, 11) is 0. The van der Waals surface area contributed by atoms with Crippen LogP contribution in [0.5, 0.6) is 5.75 Å². The predicted molar refractivity (Wildman–Crippen MR) is 73.6 cm³/mol. The van der Waals surface area contributed by atoms with Crippen molar-refractivity contribution in [2.24, 2.45) is 5.41 Å². The molecule has 1 unspecified atom stereocenters. The molecule has 1 heterocycles. The van der Waals surface area contributed by atoms with E-state index < -0.39 is 11.4 Å². The van der Waals surface area contributed by atoms with Gasteiger partial charge in [-0.25, -0.2) is 0 Å². The Hall–Kier alpha value is -2.04. The molecule has 1 fully saturated rings. The summed E-state index contributed by atoms with van der Waals surface area (Å²) in [6.07, 6.45) is 0.485. The molecule has 1 amide bonds. The molecule has 1 aromatic rings. The van der Waals surface area contributed by atoms with E-state index in [1.54, 1.807) is 11.8 Å². The highest BCUT2D eigenvalue weighted by molar-refractivity contribution is 5.81. The predicted octanol–water partition coefficient (Wildman–Crippen LogP) is 1.70. The molecule has 2 rings (SSSR count). The van der Waals surface area contributed by atoms with Crippen molar-refractivity contribution in [1.29, 1.82) is 0 Å². The third kappa shape index (κ3) is 3.10. The lowest BCUT2D eigenvalue weighted by Crippen LogP contribution is -2.37. The molecule has 20 heavy (non-hydrogen) atoms. The van der Waals surface area contributed by atoms with Gasteiger partial charge in [0.25, 0.3) is 5.91 Å². The van der Waals surface area contributed by atoms with E-state index in [1.165, 1.54) is 0 Å². The second-order valence-electron chi connectivity index (χ2n) is 5.53. The number of nitrogens with zero attached hydrogens (tertiary/aromatic N) is 1. The molecule has 0 radical (unpaired) electrons. The second-order valence-corrected chi connectivity index (χ2v) is 5.53. The summed E-state index contributed by atoms with van der Waals surface area (Å²) in [5, 5.41) is 9.14. The molecule has 0 aliphatic carbocycles. The standard InChI is InChI=1S/C15H19NO4/c1-11-3-5-12(6-4-11)20-9-13(17)16-8-7-15(2,10-16)14(18)19/h3-6H,7-10H2,1-2H3,(H,18,19). The second kappa shape index (κ2) is 5.53. The van der Waals surface area contributed by atoms with Gasteiger partial charge >= 0.3 is 5.97 Å². The van der Waals surface area contributed by atoms with Crippen molar-refractivity contribution in [1.82, 2.24) is 4.90 Å². The summed E-state index contributed by atoms with van der Waals surface area (Å²) in [6.45, 7) is 4.31. The number of rotatable bonds is 4. The van der Waals surface area contributed by atoms with Crippen molar-refractivity contribution < 1.29 is 19.4 Å². The van der Waals surface area contributed by atoms with Crippen LogP contribution >= 0.6 is 0 Å². The Bertz CT molecular complexity index is 511. The first kappa shape index (κ1) is 14.4. The number of aliphatic carboxylic acids is 1. The van der Waals surface area contributed by atoms with E-state index >= 15 is 0 Å². The number of amides is 1. The van der Waals surface area contributed by atoms with Crippen molar-refractivity contribution >= 4 is 11.9 Å². The van der Waals surface area contributed by atoms with Gasteiger partial charge in [-0.2, -0.15) is 0 Å². The van der Waals surface area contributed by atoms with Crippen LogP contribution in [0, 0.1) is 12.3 Å². The zero-order chi connectivity index (χ0) is 14.8. The molecule has 1 N–H and O–H groups in total. The number of carboxylic acids is 1. The fraction of sp³-hybridized carbons (Fsp3) is 0.467. The van der Waals surface area contributed by atoms with Crippen LogP contribution in [-0.2, 0) is 9.59 Å². The quantitative estimate of drug-likeness (QED) is 0.909. The first-order chi connectivity index (χ1) is 9.40. The minimum absolute atomic E-state index is 0.0568. The zero-order valence-corrected chi connectivity index (χ0v) is 11.8. The van der Waals surface area contributed by atoms with Gasteiger partial charge in [0.15, 0.2) is 6.61 Å². The molecule has 0 bridgehead atoms. The van der Waals surface area contributed by atoms with E-state index in [2.05, 4.69) is 0 Å². The van der Waals surface area contributed by atoms with Crippen LogP contribution in [-0.4, -0.2) is 41.6 Å². The summed E-state index contributed by atoms with van der Waals surface area (Å²) < 4.78 is 5.43. The highest BCUT2D eigenvalue weighted by atomic mass is 16.5. The topological polar surface area (TPSA) is 66.8 Å². The molecule has 1 aromatic carbocycles. The Morgan fingerprint density at radius 3 is 2.55 bits per heavy atom. The summed E-state index contributed by atoms with van der Waals surface area (Å²) in [6, 6.07) is 7.45. The van der Waals surface area contributed by atoms with Crippen molar-refractivity contribution in [2.75, 3.05) is 19.7 Å². The lowest BCUT2D eigenvalue weighted by Gasteiger charge is -2.20. The third-order valence-electron chi connectivity index (χ3n) is 3.73. The van der Waals surface area contributed by atoms with Gasteiger partial charge in [0, 0.05) is 13.1 Å². The van der Waals surface area contributed by atoms with Crippen LogP contribution in [0.15, 0.2) is 24.3 Å². The number of hydrogen-bond acceptors (Lipinski definition) is 3. The van der Waals surface area contributed by atoms with E-state index in [0.29, 0.717) is 18.7 Å². The molecular formula is C15H19NO4. The van der Waals surface area contributed by atoms with Gasteiger partial charge in [-0.15, -0.1) is 0 Å². The first-order valence-electron chi connectivity index (χ1n) is 6.61. The summed E-state index contributed by atoms with van der Waals surface area (Å²) in [5.41, 5.74) is 0.292. The molecule has 1 saturated heterocycles. The van der Waals surface area contributed by atoms with E-state index in [-0.39, 0.29) is 19.1 Å². The van der Waals surface area contributed by atoms with Crippen LogP contribution in [0.3, 0.4) is 0 Å². The molecule has 5 nitrogen and oxygen atoms in total. The Kier molecular flexibility index (Phi) is 3.97. The first-order valence-corrected chi connectivity index (χ1v) is 6.61. The average molecular weight is 277 g/mol. The number of carboxylic acid groups (broad SMARTS) is 1. The van der Waals surface area contributed by atoms with Gasteiger partial charge in [0.1, 0.15) is 5.75 Å². The van der Waals surface area contributed by atoms with Crippen LogP contribution in [0.2, 0.25) is 0 Å². The molecule has 108 valence electrons. The smallest absolute Gasteiger partial charge is 0.311 e. The minimum atomic E-state index is -0.854. The van der Waals surface area contributed by atoms with E-state index in [0.717, 1.165) is 5.56 Å². The molecule has 1 atom stereocenters. The fourth-order valence-electron chi connectivity index (χ4n) is 2.22. The molecule has 0 saturated carbocycles. The lowest BCUT2D eigenvalue weighted by molar-refractivity contribution is -0.147. The number of carbonyl (C=O) groups is 2. The van der Waals surface area contributed by atoms with E-state index in [4.69, 9.17) is 9.84 Å².